The lowest BCUT2D eigenvalue weighted by atomic mass is 9.99. The normalized spacial score (nSPS) is 12.5. The molecule has 0 radical (unpaired) electrons. The lowest BCUT2D eigenvalue weighted by Gasteiger charge is -2.15. The second-order valence-corrected chi connectivity index (χ2v) is 6.31. The minimum atomic E-state index is -0.115. The van der Waals surface area contributed by atoms with Gasteiger partial charge in [-0.3, -0.25) is 0 Å². The van der Waals surface area contributed by atoms with Crippen LogP contribution in [-0.2, 0) is 6.42 Å². The highest BCUT2D eigenvalue weighted by molar-refractivity contribution is 7.10. The Balaban J connectivity index is 2.17. The van der Waals surface area contributed by atoms with Crippen LogP contribution in [0.5, 0.6) is 5.75 Å². The minimum Gasteiger partial charge on any atom is -0.496 e. The average molecular weight is 317 g/mol. The van der Waals surface area contributed by atoms with E-state index in [-0.39, 0.29) is 5.38 Å². The number of ether oxygens (including phenoxy) is 1. The van der Waals surface area contributed by atoms with Gasteiger partial charge in [0, 0.05) is 10.3 Å². The van der Waals surface area contributed by atoms with E-state index in [9.17, 15) is 0 Å². The van der Waals surface area contributed by atoms with Crippen molar-refractivity contribution in [2.45, 2.75) is 18.7 Å². The first-order valence-corrected chi connectivity index (χ1v) is 8.33. The fraction of sp³-hybridized carbons (Fsp3) is 0.222. The summed E-state index contributed by atoms with van der Waals surface area (Å²) in [4.78, 5) is 1.24. The quantitative estimate of drug-likeness (QED) is 0.553. The standard InChI is InChI=1S/C18H17ClOS/c1-3-12-10-11-21-18(12)17(19)15-8-9-16(20-2)14-7-5-4-6-13(14)15/h4-11,17H,3H2,1-2H3. The Bertz CT molecular complexity index is 763. The molecule has 1 aromatic heterocycles. The molecule has 3 aromatic rings. The molecule has 0 amide bonds. The van der Waals surface area contributed by atoms with E-state index < -0.39 is 0 Å². The van der Waals surface area contributed by atoms with E-state index in [1.54, 1.807) is 18.4 Å². The molecule has 108 valence electrons. The van der Waals surface area contributed by atoms with Gasteiger partial charge < -0.3 is 4.74 Å². The first-order chi connectivity index (χ1) is 10.3. The maximum absolute atomic E-state index is 6.80. The fourth-order valence-corrected chi connectivity index (χ4v) is 4.17. The lowest BCUT2D eigenvalue weighted by molar-refractivity contribution is 0.419. The van der Waals surface area contributed by atoms with Crippen molar-refractivity contribution in [1.29, 1.82) is 0 Å². The van der Waals surface area contributed by atoms with Crippen molar-refractivity contribution < 1.29 is 4.74 Å². The monoisotopic (exact) mass is 316 g/mol. The molecule has 1 heterocycles. The number of hydrogen-bond acceptors (Lipinski definition) is 2. The number of hydrogen-bond donors (Lipinski definition) is 0. The Labute approximate surface area is 134 Å². The summed E-state index contributed by atoms with van der Waals surface area (Å²) in [6, 6.07) is 14.5. The molecule has 3 heteroatoms. The van der Waals surface area contributed by atoms with E-state index in [2.05, 4.69) is 36.6 Å². The summed E-state index contributed by atoms with van der Waals surface area (Å²) in [6.07, 6.45) is 1.01. The molecule has 1 unspecified atom stereocenters. The predicted molar refractivity (Wildman–Crippen MR) is 91.9 cm³/mol. The zero-order chi connectivity index (χ0) is 14.8. The highest BCUT2D eigenvalue weighted by Gasteiger charge is 2.19. The molecule has 2 aromatic carbocycles. The van der Waals surface area contributed by atoms with Gasteiger partial charge in [-0.25, -0.2) is 0 Å². The number of fused-ring (bicyclic) bond motifs is 1. The molecular weight excluding hydrogens is 300 g/mol. The molecule has 0 aliphatic carbocycles. The van der Waals surface area contributed by atoms with Crippen molar-refractivity contribution >= 4 is 33.7 Å². The molecule has 0 aliphatic rings. The van der Waals surface area contributed by atoms with Gasteiger partial charge in [-0.05, 0) is 40.4 Å². The summed E-state index contributed by atoms with van der Waals surface area (Å²) in [5.41, 5.74) is 2.48. The van der Waals surface area contributed by atoms with Crippen LogP contribution in [0.15, 0.2) is 47.8 Å². The molecule has 1 nitrogen and oxygen atoms in total. The van der Waals surface area contributed by atoms with Gasteiger partial charge in [0.2, 0.25) is 0 Å². The molecule has 0 saturated heterocycles. The Hall–Kier alpha value is -1.51. The zero-order valence-electron chi connectivity index (χ0n) is 12.1. The van der Waals surface area contributed by atoms with Crippen LogP contribution in [0.1, 0.15) is 28.3 Å². The number of rotatable bonds is 4. The van der Waals surface area contributed by atoms with Crippen molar-refractivity contribution in [2.24, 2.45) is 0 Å². The van der Waals surface area contributed by atoms with E-state index in [0.717, 1.165) is 28.5 Å². The van der Waals surface area contributed by atoms with Gasteiger partial charge >= 0.3 is 0 Å². The van der Waals surface area contributed by atoms with Crippen LogP contribution in [-0.4, -0.2) is 7.11 Å². The van der Waals surface area contributed by atoms with Crippen molar-refractivity contribution in [3.05, 3.63) is 63.8 Å². The van der Waals surface area contributed by atoms with E-state index in [0.29, 0.717) is 0 Å². The maximum atomic E-state index is 6.80. The number of thiophene rings is 1. The molecule has 0 N–H and O–H groups in total. The Morgan fingerprint density at radius 1 is 1.10 bits per heavy atom. The van der Waals surface area contributed by atoms with Crippen LogP contribution < -0.4 is 4.74 Å². The topological polar surface area (TPSA) is 9.23 Å². The first kappa shape index (κ1) is 14.4. The summed E-state index contributed by atoms with van der Waals surface area (Å²) >= 11 is 8.53. The van der Waals surface area contributed by atoms with Crippen molar-refractivity contribution in [1.82, 2.24) is 0 Å². The average Bonchev–Trinajstić information content (AvgIpc) is 3.01. The number of benzene rings is 2. The van der Waals surface area contributed by atoms with Gasteiger partial charge in [0.25, 0.3) is 0 Å². The summed E-state index contributed by atoms with van der Waals surface area (Å²) in [5.74, 6) is 0.889. The van der Waals surface area contributed by atoms with Crippen LogP contribution in [0.2, 0.25) is 0 Å². The van der Waals surface area contributed by atoms with E-state index in [1.165, 1.54) is 10.4 Å². The van der Waals surface area contributed by atoms with Crippen LogP contribution in [0.3, 0.4) is 0 Å². The smallest absolute Gasteiger partial charge is 0.126 e. The molecule has 0 spiro atoms. The Morgan fingerprint density at radius 2 is 1.86 bits per heavy atom. The highest BCUT2D eigenvalue weighted by Crippen LogP contribution is 2.40. The van der Waals surface area contributed by atoms with Gasteiger partial charge in [0.05, 0.1) is 12.5 Å². The predicted octanol–water partition coefficient (Wildman–Crippen LogP) is 5.80. The summed E-state index contributed by atoms with van der Waals surface area (Å²) in [7, 11) is 1.70. The summed E-state index contributed by atoms with van der Waals surface area (Å²) < 4.78 is 5.46. The third-order valence-electron chi connectivity index (χ3n) is 3.80. The van der Waals surface area contributed by atoms with E-state index >= 15 is 0 Å². The second-order valence-electron chi connectivity index (χ2n) is 4.93. The third kappa shape index (κ3) is 2.54. The molecule has 21 heavy (non-hydrogen) atoms. The molecule has 1 atom stereocenters. The van der Waals surface area contributed by atoms with Crippen molar-refractivity contribution in [3.63, 3.8) is 0 Å². The molecule has 0 bridgehead atoms. The Morgan fingerprint density at radius 3 is 2.57 bits per heavy atom. The summed E-state index contributed by atoms with van der Waals surface area (Å²) in [6.45, 7) is 2.17. The SMILES string of the molecule is CCc1ccsc1C(Cl)c1ccc(OC)c2ccccc12. The minimum absolute atomic E-state index is 0.115. The number of methoxy groups -OCH3 is 1. The van der Waals surface area contributed by atoms with Crippen LogP contribution in [0.4, 0.5) is 0 Å². The van der Waals surface area contributed by atoms with Gasteiger partial charge in [-0.2, -0.15) is 0 Å². The molecule has 0 fully saturated rings. The first-order valence-electron chi connectivity index (χ1n) is 7.02. The second kappa shape index (κ2) is 6.08. The zero-order valence-corrected chi connectivity index (χ0v) is 13.7. The number of halogens is 1. The highest BCUT2D eigenvalue weighted by atomic mass is 35.5. The van der Waals surface area contributed by atoms with Gasteiger partial charge in [-0.1, -0.05) is 37.3 Å². The van der Waals surface area contributed by atoms with Crippen LogP contribution >= 0.6 is 22.9 Å². The Kier molecular flexibility index (Phi) is 4.18. The fourth-order valence-electron chi connectivity index (χ4n) is 2.70. The molecule has 3 rings (SSSR count). The molecular formula is C18H17ClOS. The number of aryl methyl sites for hydroxylation is 1. The van der Waals surface area contributed by atoms with Crippen LogP contribution in [0, 0.1) is 0 Å². The maximum Gasteiger partial charge on any atom is 0.126 e. The van der Waals surface area contributed by atoms with Gasteiger partial charge in [0.1, 0.15) is 5.75 Å². The molecule has 0 aliphatic heterocycles. The molecule has 0 saturated carbocycles. The van der Waals surface area contributed by atoms with Crippen molar-refractivity contribution in [2.75, 3.05) is 7.11 Å². The van der Waals surface area contributed by atoms with E-state index in [1.807, 2.05) is 18.2 Å². The van der Waals surface area contributed by atoms with E-state index in [4.69, 9.17) is 16.3 Å². The van der Waals surface area contributed by atoms with Crippen LogP contribution in [0.25, 0.3) is 10.8 Å². The summed E-state index contributed by atoms with van der Waals surface area (Å²) in [5, 5.41) is 4.27. The van der Waals surface area contributed by atoms with Gasteiger partial charge in [-0.15, -0.1) is 22.9 Å². The van der Waals surface area contributed by atoms with Gasteiger partial charge in [0.15, 0.2) is 0 Å². The van der Waals surface area contributed by atoms with Crippen molar-refractivity contribution in [3.8, 4) is 5.75 Å². The lowest BCUT2D eigenvalue weighted by Crippen LogP contribution is -1.96. The third-order valence-corrected chi connectivity index (χ3v) is 5.41. The number of alkyl halides is 1. The largest absolute Gasteiger partial charge is 0.496 e.